The zero-order valence-corrected chi connectivity index (χ0v) is 27.6. The smallest absolute Gasteiger partial charge is 1.00 e. The molecule has 5 fully saturated rings. The summed E-state index contributed by atoms with van der Waals surface area (Å²) in [7, 11) is 0. The van der Waals surface area contributed by atoms with E-state index in [1.165, 1.54) is 56.9 Å². The van der Waals surface area contributed by atoms with E-state index >= 15 is 0 Å². The van der Waals surface area contributed by atoms with Gasteiger partial charge in [-0.15, -0.1) is 0 Å². The molecule has 3 heteroatoms. The van der Waals surface area contributed by atoms with Crippen LogP contribution in [0, 0.1) is 28.6 Å². The summed E-state index contributed by atoms with van der Waals surface area (Å²) >= 11 is -2.23. The van der Waals surface area contributed by atoms with Gasteiger partial charge in [-0.25, -0.2) is 0 Å². The zero-order valence-electron chi connectivity index (χ0n) is 23.7. The summed E-state index contributed by atoms with van der Waals surface area (Å²) in [6.45, 7) is 5.19. The Bertz CT molecular complexity index is 1350. The second-order valence-corrected chi connectivity index (χ2v) is 20.3. The van der Waals surface area contributed by atoms with Crippen LogP contribution in [0.25, 0.3) is 11.1 Å². The molecule has 1 unspecified atom stereocenters. The van der Waals surface area contributed by atoms with E-state index in [-0.39, 0.29) is 30.2 Å². The van der Waals surface area contributed by atoms with E-state index in [4.69, 9.17) is 0 Å². The Morgan fingerprint density at radius 3 is 2.08 bits per heavy atom. The molecule has 2 aromatic carbocycles. The Morgan fingerprint density at radius 2 is 1.38 bits per heavy atom. The molecule has 0 aliphatic heterocycles. The van der Waals surface area contributed by atoms with Crippen molar-refractivity contribution in [3.8, 4) is 11.1 Å². The van der Waals surface area contributed by atoms with Crippen LogP contribution < -0.4 is 28.1 Å². The van der Waals surface area contributed by atoms with E-state index in [1.807, 2.05) is 9.76 Å². The predicted molar refractivity (Wildman–Crippen MR) is 153 cm³/mol. The zero-order chi connectivity index (χ0) is 24.8. The van der Waals surface area contributed by atoms with E-state index in [0.717, 1.165) is 24.2 Å². The molecule has 0 amide bonds. The van der Waals surface area contributed by atoms with Crippen LogP contribution in [0.5, 0.6) is 0 Å². The van der Waals surface area contributed by atoms with E-state index in [2.05, 4.69) is 68.5 Å². The molecule has 0 radical (unpaired) electrons. The minimum Gasteiger partial charge on any atom is -1.00 e. The SMILES string of the molecule is CC1=CC(C)(C23CC4CC(CC(C4)C2)C3)C=[C]1[Zr+2](=[C]1CCCCC1)[c]1cccc2c1Cc1ccccc1-2.[Cl-].[Cl-]. The first-order valence-electron chi connectivity index (χ1n) is 15.4. The van der Waals surface area contributed by atoms with Crippen LogP contribution >= 0.6 is 0 Å². The summed E-state index contributed by atoms with van der Waals surface area (Å²) in [5, 5.41) is 0. The van der Waals surface area contributed by atoms with Crippen molar-refractivity contribution in [2.75, 3.05) is 0 Å². The molecule has 0 aromatic heterocycles. The van der Waals surface area contributed by atoms with Crippen LogP contribution in [0.1, 0.15) is 95.6 Å². The fourth-order valence-electron chi connectivity index (χ4n) is 10.5. The molecule has 0 spiro atoms. The third kappa shape index (κ3) is 4.43. The standard InChI is InChI=1S/C17H23.C13H9.C6H10.2ClH.Zr/c1-12-3-4-16(2,8-12)17-9-13-5-14(10-17)7-15(6-13)11-17;1-3-7-12-10(5-1)9-11-6-2-4-8-13(11)12;1-2-4-6-5-3-1;;;/h4,8,13-15H,5-7,9-11H2,1-2H3;1-5,7-8H,9H2;1-5H2;2*1H;/q;;;;;+2/p-2. The number of rotatable bonds is 3. The normalized spacial score (nSPS) is 33.3. The van der Waals surface area contributed by atoms with E-state index in [0.29, 0.717) is 5.41 Å². The van der Waals surface area contributed by atoms with Crippen molar-refractivity contribution in [3.63, 3.8) is 0 Å². The van der Waals surface area contributed by atoms with Crippen LogP contribution in [-0.4, -0.2) is 3.21 Å². The van der Waals surface area contributed by atoms with Gasteiger partial charge in [-0.05, 0) is 0 Å². The molecule has 2 aromatic rings. The minimum atomic E-state index is -2.23. The maximum atomic E-state index is 2.94. The second kappa shape index (κ2) is 10.5. The fourth-order valence-corrected chi connectivity index (χ4v) is 19.3. The van der Waals surface area contributed by atoms with Gasteiger partial charge in [0.05, 0.1) is 0 Å². The van der Waals surface area contributed by atoms with Crippen molar-refractivity contribution in [2.45, 2.75) is 90.9 Å². The molecule has 1 atom stereocenters. The summed E-state index contributed by atoms with van der Waals surface area (Å²) in [6.07, 6.45) is 23.2. The minimum absolute atomic E-state index is 0. The summed E-state index contributed by atoms with van der Waals surface area (Å²) in [6, 6.07) is 16.6. The first-order valence-corrected chi connectivity index (χ1v) is 19.1. The number of fused-ring (bicyclic) bond motifs is 3. The summed E-state index contributed by atoms with van der Waals surface area (Å²) < 4.78 is 5.72. The first kappa shape index (κ1) is 28.4. The molecule has 5 saturated carbocycles. The van der Waals surface area contributed by atoms with Crippen molar-refractivity contribution in [3.05, 3.63) is 74.6 Å². The van der Waals surface area contributed by atoms with Crippen LogP contribution in [0.15, 0.2) is 63.5 Å². The Labute approximate surface area is 256 Å². The first-order chi connectivity index (χ1) is 18.0. The molecule has 9 rings (SSSR count). The maximum absolute atomic E-state index is 2.94. The van der Waals surface area contributed by atoms with Crippen LogP contribution in [0.4, 0.5) is 0 Å². The molecule has 204 valence electrons. The average Bonchev–Trinajstić information content (AvgIpc) is 3.42. The van der Waals surface area contributed by atoms with Gasteiger partial charge in [0.2, 0.25) is 0 Å². The summed E-state index contributed by atoms with van der Waals surface area (Å²) in [5.41, 5.74) is 8.81. The topological polar surface area (TPSA) is 0 Å². The summed E-state index contributed by atoms with van der Waals surface area (Å²) in [5.74, 6) is 3.07. The van der Waals surface area contributed by atoms with Crippen LogP contribution in [-0.2, 0) is 27.7 Å². The fraction of sp³-hybridized carbons (Fsp3) is 0.528. The van der Waals surface area contributed by atoms with Gasteiger partial charge in [-0.1, -0.05) is 0 Å². The van der Waals surface area contributed by atoms with E-state index in [9.17, 15) is 0 Å². The number of halogens is 2. The van der Waals surface area contributed by atoms with Crippen molar-refractivity contribution in [1.82, 2.24) is 0 Å². The molecular formula is C36H42Cl2Zr. The van der Waals surface area contributed by atoms with E-state index < -0.39 is 21.3 Å². The number of allylic oxidation sites excluding steroid dienone is 4. The Hall–Kier alpha value is -0.747. The van der Waals surface area contributed by atoms with Gasteiger partial charge in [0, 0.05) is 0 Å². The molecular weight excluding hydrogens is 595 g/mol. The van der Waals surface area contributed by atoms with Gasteiger partial charge in [0.15, 0.2) is 0 Å². The monoisotopic (exact) mass is 634 g/mol. The van der Waals surface area contributed by atoms with Gasteiger partial charge >= 0.3 is 233 Å². The van der Waals surface area contributed by atoms with Crippen molar-refractivity contribution < 1.29 is 46.1 Å². The molecule has 0 saturated heterocycles. The number of hydrogen-bond acceptors (Lipinski definition) is 0. The van der Waals surface area contributed by atoms with E-state index in [1.54, 1.807) is 41.5 Å². The van der Waals surface area contributed by atoms with Gasteiger partial charge in [-0.2, -0.15) is 0 Å². The van der Waals surface area contributed by atoms with Crippen LogP contribution in [0.3, 0.4) is 0 Å². The Balaban J connectivity index is 0.00000138. The third-order valence-corrected chi connectivity index (χ3v) is 19.9. The van der Waals surface area contributed by atoms with Crippen molar-refractivity contribution in [1.29, 1.82) is 0 Å². The molecule has 0 N–H and O–H groups in total. The molecule has 7 aliphatic rings. The third-order valence-electron chi connectivity index (χ3n) is 11.8. The Kier molecular flexibility index (Phi) is 7.65. The maximum Gasteiger partial charge on any atom is -1.00 e. The van der Waals surface area contributed by atoms with Gasteiger partial charge in [-0.3, -0.25) is 0 Å². The predicted octanol–water partition coefficient (Wildman–Crippen LogP) is 2.71. The second-order valence-electron chi connectivity index (χ2n) is 14.1. The van der Waals surface area contributed by atoms with Gasteiger partial charge in [0.1, 0.15) is 0 Å². The molecule has 7 aliphatic carbocycles. The molecule has 4 bridgehead atoms. The van der Waals surface area contributed by atoms with Gasteiger partial charge in [0.25, 0.3) is 0 Å². The van der Waals surface area contributed by atoms with Crippen molar-refractivity contribution in [2.24, 2.45) is 28.6 Å². The largest absolute Gasteiger partial charge is 1.00 e. The van der Waals surface area contributed by atoms with Gasteiger partial charge < -0.3 is 24.8 Å². The molecule has 0 heterocycles. The summed E-state index contributed by atoms with van der Waals surface area (Å²) in [4.78, 5) is 0. The molecule has 39 heavy (non-hydrogen) atoms. The number of hydrogen-bond donors (Lipinski definition) is 0. The number of benzene rings is 2. The Morgan fingerprint density at radius 1 is 0.744 bits per heavy atom. The van der Waals surface area contributed by atoms with Crippen LogP contribution in [0.2, 0.25) is 0 Å². The van der Waals surface area contributed by atoms with Crippen molar-refractivity contribution >= 4 is 6.48 Å². The average molecular weight is 637 g/mol. The molecule has 0 nitrogen and oxygen atoms in total. The quantitative estimate of drug-likeness (QED) is 0.415.